The highest BCUT2D eigenvalue weighted by Crippen LogP contribution is 2.04. The molecule has 0 saturated heterocycles. The van der Waals surface area contributed by atoms with Crippen LogP contribution in [0.2, 0.25) is 0 Å². The average molecular weight is 276 g/mol. The van der Waals surface area contributed by atoms with Gasteiger partial charge in [-0.3, -0.25) is 4.79 Å². The van der Waals surface area contributed by atoms with Gasteiger partial charge in [0.2, 0.25) is 0 Å². The molecule has 0 fully saturated rings. The molecule has 0 amide bonds. The second-order valence-corrected chi connectivity index (χ2v) is 4.97. The van der Waals surface area contributed by atoms with Gasteiger partial charge >= 0.3 is 5.97 Å². The number of hydrogen-bond acceptors (Lipinski definition) is 1. The number of aliphatic carboxylic acids is 1. The molecule has 0 radical (unpaired) electrons. The van der Waals surface area contributed by atoms with E-state index in [-0.39, 0.29) is 6.42 Å². The molecule has 0 rings (SSSR count). The van der Waals surface area contributed by atoms with Crippen molar-refractivity contribution in [3.8, 4) is 23.7 Å². The van der Waals surface area contributed by atoms with E-state index in [1.165, 1.54) is 38.5 Å². The summed E-state index contributed by atoms with van der Waals surface area (Å²) in [6.07, 6.45) is 12.1. The normalized spacial score (nSPS) is 9.25. The molecule has 0 bridgehead atoms. The second-order valence-electron chi connectivity index (χ2n) is 4.97. The number of rotatable bonds is 10. The summed E-state index contributed by atoms with van der Waals surface area (Å²) in [6.45, 7) is 2.21. The van der Waals surface area contributed by atoms with Gasteiger partial charge in [-0.25, -0.2) is 0 Å². The van der Waals surface area contributed by atoms with Crippen molar-refractivity contribution >= 4 is 5.97 Å². The predicted octanol–water partition coefficient (Wildman–Crippen LogP) is 4.78. The van der Waals surface area contributed by atoms with Crippen molar-refractivity contribution in [2.75, 3.05) is 0 Å². The molecule has 2 heteroatoms. The van der Waals surface area contributed by atoms with Crippen LogP contribution < -0.4 is 0 Å². The minimum absolute atomic E-state index is 0.157. The summed E-state index contributed by atoms with van der Waals surface area (Å²) in [5, 5.41) is 8.44. The SMILES string of the molecule is CCCCCC#CCCCCCCC#CCCC(=O)O. The van der Waals surface area contributed by atoms with Crippen molar-refractivity contribution < 1.29 is 9.90 Å². The van der Waals surface area contributed by atoms with Crippen LogP contribution in [-0.2, 0) is 4.79 Å². The van der Waals surface area contributed by atoms with E-state index >= 15 is 0 Å². The predicted molar refractivity (Wildman–Crippen MR) is 84.3 cm³/mol. The zero-order chi connectivity index (χ0) is 14.9. The summed E-state index contributed by atoms with van der Waals surface area (Å²) >= 11 is 0. The van der Waals surface area contributed by atoms with Crippen LogP contribution >= 0.6 is 0 Å². The zero-order valence-electron chi connectivity index (χ0n) is 12.8. The minimum atomic E-state index is -0.768. The maximum atomic E-state index is 10.3. The van der Waals surface area contributed by atoms with Gasteiger partial charge < -0.3 is 5.11 Å². The number of carboxylic acid groups (broad SMARTS) is 1. The van der Waals surface area contributed by atoms with Crippen LogP contribution in [0.5, 0.6) is 0 Å². The van der Waals surface area contributed by atoms with Gasteiger partial charge in [-0.05, 0) is 19.3 Å². The van der Waals surface area contributed by atoms with Crippen molar-refractivity contribution in [3.63, 3.8) is 0 Å². The first-order chi connectivity index (χ1) is 9.77. The Morgan fingerprint density at radius 1 is 0.750 bits per heavy atom. The third-order valence-corrected chi connectivity index (χ3v) is 2.97. The van der Waals surface area contributed by atoms with Crippen LogP contribution in [0.15, 0.2) is 0 Å². The molecule has 0 unspecified atom stereocenters. The third kappa shape index (κ3) is 16.6. The summed E-state index contributed by atoms with van der Waals surface area (Å²) in [6, 6.07) is 0. The highest BCUT2D eigenvalue weighted by atomic mass is 16.4. The van der Waals surface area contributed by atoms with Crippen LogP contribution in [0.1, 0.15) is 84.0 Å². The summed E-state index contributed by atoms with van der Waals surface area (Å²) in [7, 11) is 0. The number of carboxylic acids is 1. The Bertz CT molecular complexity index is 349. The molecule has 0 aromatic heterocycles. The smallest absolute Gasteiger partial charge is 0.304 e. The molecule has 2 nitrogen and oxygen atoms in total. The standard InChI is InChI=1S/C18H28O2/c1-2-3-4-5-6-7-8-9-10-11-12-13-14-15-16-17-18(19)20/h2-5,8-13,16-17H2,1H3,(H,19,20). The molecule has 1 N–H and O–H groups in total. The Hall–Kier alpha value is -1.41. The van der Waals surface area contributed by atoms with E-state index in [1.807, 2.05) is 0 Å². The lowest BCUT2D eigenvalue weighted by Crippen LogP contribution is -1.91. The van der Waals surface area contributed by atoms with Crippen molar-refractivity contribution in [1.82, 2.24) is 0 Å². The van der Waals surface area contributed by atoms with Crippen LogP contribution in [0.25, 0.3) is 0 Å². The second kappa shape index (κ2) is 15.6. The first-order valence-corrected chi connectivity index (χ1v) is 7.90. The summed E-state index contributed by atoms with van der Waals surface area (Å²) in [5.74, 6) is 11.6. The van der Waals surface area contributed by atoms with Gasteiger partial charge in [0.1, 0.15) is 0 Å². The first-order valence-electron chi connectivity index (χ1n) is 7.90. The van der Waals surface area contributed by atoms with Gasteiger partial charge in [-0.2, -0.15) is 0 Å². The molecule has 0 aliphatic carbocycles. The fourth-order valence-corrected chi connectivity index (χ4v) is 1.77. The van der Waals surface area contributed by atoms with Gasteiger partial charge in [0.25, 0.3) is 0 Å². The van der Waals surface area contributed by atoms with Gasteiger partial charge in [0.05, 0.1) is 6.42 Å². The molecule has 112 valence electrons. The lowest BCUT2D eigenvalue weighted by Gasteiger charge is -1.95. The molecule has 0 heterocycles. The van der Waals surface area contributed by atoms with E-state index in [0.717, 1.165) is 25.7 Å². The van der Waals surface area contributed by atoms with E-state index in [1.54, 1.807) is 0 Å². The summed E-state index contributed by atoms with van der Waals surface area (Å²) < 4.78 is 0. The molecule has 0 atom stereocenters. The van der Waals surface area contributed by atoms with E-state index in [2.05, 4.69) is 30.6 Å². The molecular formula is C18H28O2. The topological polar surface area (TPSA) is 37.3 Å². The third-order valence-electron chi connectivity index (χ3n) is 2.97. The largest absolute Gasteiger partial charge is 0.481 e. The quantitative estimate of drug-likeness (QED) is 0.460. The minimum Gasteiger partial charge on any atom is -0.481 e. The number of carbonyl (C=O) groups is 1. The summed E-state index contributed by atoms with van der Waals surface area (Å²) in [4.78, 5) is 10.3. The van der Waals surface area contributed by atoms with E-state index in [4.69, 9.17) is 5.11 Å². The molecule has 0 aliphatic rings. The highest BCUT2D eigenvalue weighted by Gasteiger charge is 1.91. The van der Waals surface area contributed by atoms with E-state index in [0.29, 0.717) is 6.42 Å². The number of hydrogen-bond donors (Lipinski definition) is 1. The Balaban J connectivity index is 3.22. The van der Waals surface area contributed by atoms with Gasteiger partial charge in [-0.15, -0.1) is 23.7 Å². The lowest BCUT2D eigenvalue weighted by molar-refractivity contribution is -0.136. The van der Waals surface area contributed by atoms with Gasteiger partial charge in [-0.1, -0.05) is 32.6 Å². The monoisotopic (exact) mass is 276 g/mol. The van der Waals surface area contributed by atoms with Crippen LogP contribution in [0, 0.1) is 23.7 Å². The Morgan fingerprint density at radius 3 is 1.65 bits per heavy atom. The van der Waals surface area contributed by atoms with Gasteiger partial charge in [0, 0.05) is 25.7 Å². The van der Waals surface area contributed by atoms with Crippen molar-refractivity contribution in [3.05, 3.63) is 0 Å². The van der Waals surface area contributed by atoms with Crippen molar-refractivity contribution in [2.24, 2.45) is 0 Å². The Morgan fingerprint density at radius 2 is 1.20 bits per heavy atom. The first kappa shape index (κ1) is 18.6. The molecule has 0 saturated carbocycles. The van der Waals surface area contributed by atoms with Crippen LogP contribution in [0.3, 0.4) is 0 Å². The average Bonchev–Trinajstić information content (AvgIpc) is 2.43. The highest BCUT2D eigenvalue weighted by molar-refractivity contribution is 5.66. The van der Waals surface area contributed by atoms with Crippen molar-refractivity contribution in [2.45, 2.75) is 84.0 Å². The Kier molecular flexibility index (Phi) is 14.5. The van der Waals surface area contributed by atoms with Gasteiger partial charge in [0.15, 0.2) is 0 Å². The maximum absolute atomic E-state index is 10.3. The van der Waals surface area contributed by atoms with E-state index < -0.39 is 5.97 Å². The van der Waals surface area contributed by atoms with Crippen LogP contribution in [0.4, 0.5) is 0 Å². The molecule has 0 aromatic rings. The number of unbranched alkanes of at least 4 members (excludes halogenated alkanes) is 8. The van der Waals surface area contributed by atoms with Crippen molar-refractivity contribution in [1.29, 1.82) is 0 Å². The molecule has 0 aromatic carbocycles. The Labute approximate surface area is 124 Å². The van der Waals surface area contributed by atoms with Crippen LogP contribution in [-0.4, -0.2) is 11.1 Å². The molecule has 20 heavy (non-hydrogen) atoms. The zero-order valence-corrected chi connectivity index (χ0v) is 12.8. The fraction of sp³-hybridized carbons (Fsp3) is 0.722. The molecular weight excluding hydrogens is 248 g/mol. The molecule has 0 spiro atoms. The summed E-state index contributed by atoms with van der Waals surface area (Å²) in [5.41, 5.74) is 0. The lowest BCUT2D eigenvalue weighted by atomic mass is 10.1. The van der Waals surface area contributed by atoms with E-state index in [9.17, 15) is 4.79 Å². The maximum Gasteiger partial charge on any atom is 0.304 e. The molecule has 0 aliphatic heterocycles. The fourth-order valence-electron chi connectivity index (χ4n) is 1.77.